The zero-order valence-electron chi connectivity index (χ0n) is 12.8. The van der Waals surface area contributed by atoms with Gasteiger partial charge in [0.25, 0.3) is 0 Å². The fraction of sp³-hybridized carbons (Fsp3) is 0.714. The van der Waals surface area contributed by atoms with Crippen LogP contribution < -0.4 is 17.2 Å². The molecule has 4 atom stereocenters. The largest absolute Gasteiger partial charge is 0.387 e. The molecule has 1 aromatic heterocycles. The van der Waals surface area contributed by atoms with Crippen LogP contribution in [0.3, 0.4) is 0 Å². The van der Waals surface area contributed by atoms with Gasteiger partial charge in [0, 0.05) is 6.54 Å². The molecular formula is C14H23N5O4. The highest BCUT2D eigenvalue weighted by molar-refractivity contribution is 5.87. The van der Waals surface area contributed by atoms with E-state index in [0.29, 0.717) is 18.5 Å². The first-order valence-corrected chi connectivity index (χ1v) is 7.76. The minimum Gasteiger partial charge on any atom is -0.387 e. The molecule has 0 aromatic carbocycles. The molecule has 2 fully saturated rings. The van der Waals surface area contributed by atoms with Crippen LogP contribution in [0.15, 0.2) is 6.33 Å². The van der Waals surface area contributed by atoms with E-state index in [9.17, 15) is 15.0 Å². The number of hydrogen-bond acceptors (Lipinski definition) is 7. The Morgan fingerprint density at radius 2 is 2.04 bits per heavy atom. The van der Waals surface area contributed by atoms with Crippen molar-refractivity contribution in [2.45, 2.75) is 55.6 Å². The smallest absolute Gasteiger partial charge is 0.229 e. The molecule has 1 aliphatic carbocycles. The Labute approximate surface area is 133 Å². The lowest BCUT2D eigenvalue weighted by molar-refractivity contribution is -0.123. The van der Waals surface area contributed by atoms with Gasteiger partial charge in [0.15, 0.2) is 6.23 Å². The number of hydrogen-bond donors (Lipinski definition) is 5. The number of imidazole rings is 1. The summed E-state index contributed by atoms with van der Waals surface area (Å²) in [6, 6.07) is 0. The van der Waals surface area contributed by atoms with Gasteiger partial charge < -0.3 is 32.2 Å². The van der Waals surface area contributed by atoms with Gasteiger partial charge in [-0.3, -0.25) is 9.36 Å². The minimum atomic E-state index is -1.18. The predicted octanol–water partition coefficient (Wildman–Crippen LogP) is -1.66. The van der Waals surface area contributed by atoms with Crippen molar-refractivity contribution in [2.24, 2.45) is 11.5 Å². The Balaban J connectivity index is 1.95. The first-order chi connectivity index (χ1) is 10.9. The van der Waals surface area contributed by atoms with Crippen molar-refractivity contribution in [3.05, 3.63) is 12.0 Å². The van der Waals surface area contributed by atoms with E-state index in [-0.39, 0.29) is 12.4 Å². The molecule has 1 aromatic rings. The number of carbonyl (C=O) groups excluding carboxylic acids is 1. The first kappa shape index (κ1) is 16.2. The number of anilines is 1. The lowest BCUT2D eigenvalue weighted by Crippen LogP contribution is -2.40. The third kappa shape index (κ3) is 2.31. The fourth-order valence-electron chi connectivity index (χ4n) is 3.67. The van der Waals surface area contributed by atoms with E-state index in [0.717, 1.165) is 12.8 Å². The summed E-state index contributed by atoms with van der Waals surface area (Å²) in [5.41, 5.74) is 16.8. The number of carbonyl (C=O) groups is 1. The summed E-state index contributed by atoms with van der Waals surface area (Å²) in [4.78, 5) is 16.3. The van der Waals surface area contributed by atoms with Crippen molar-refractivity contribution < 1.29 is 19.7 Å². The second-order valence-electron chi connectivity index (χ2n) is 6.32. The van der Waals surface area contributed by atoms with Crippen LogP contribution in [0.4, 0.5) is 5.82 Å². The molecule has 2 aliphatic rings. The first-order valence-electron chi connectivity index (χ1n) is 7.76. The summed E-state index contributed by atoms with van der Waals surface area (Å²) in [7, 11) is 0. The highest BCUT2D eigenvalue weighted by atomic mass is 16.6. The summed E-state index contributed by atoms with van der Waals surface area (Å²) in [5, 5.41) is 20.1. The summed E-state index contributed by atoms with van der Waals surface area (Å²) >= 11 is 0. The normalized spacial score (nSPS) is 33.2. The number of ether oxygens (including phenoxy) is 1. The van der Waals surface area contributed by atoms with E-state index in [4.69, 9.17) is 21.9 Å². The standard InChI is InChI=1S/C14H23N5O4/c15-5-7-8(20)9(21)12(23-7)19-6-18-10(11(19)16)14(13(17)22)3-1-2-4-14/h6-9,12,20-21H,1-5,15-16H2,(H2,17,22)/t7-,8-,9-,12-/m1/s1. The fourth-order valence-corrected chi connectivity index (χ4v) is 3.67. The van der Waals surface area contributed by atoms with Gasteiger partial charge in [-0.1, -0.05) is 12.8 Å². The van der Waals surface area contributed by atoms with E-state index in [2.05, 4.69) is 4.98 Å². The number of amides is 1. The summed E-state index contributed by atoms with van der Waals surface area (Å²) in [5.74, 6) is -0.223. The van der Waals surface area contributed by atoms with Gasteiger partial charge in [-0.05, 0) is 12.8 Å². The van der Waals surface area contributed by atoms with Crippen molar-refractivity contribution in [1.82, 2.24) is 9.55 Å². The number of aromatic nitrogens is 2. The zero-order valence-corrected chi connectivity index (χ0v) is 12.8. The van der Waals surface area contributed by atoms with Gasteiger partial charge in [-0.2, -0.15) is 0 Å². The summed E-state index contributed by atoms with van der Waals surface area (Å²) in [6.45, 7) is 0.0708. The molecule has 23 heavy (non-hydrogen) atoms. The van der Waals surface area contributed by atoms with Crippen LogP contribution in [-0.2, 0) is 14.9 Å². The number of nitrogens with two attached hydrogens (primary N) is 3. The molecule has 1 saturated heterocycles. The number of aliphatic hydroxyl groups is 2. The molecule has 3 rings (SSSR count). The van der Waals surface area contributed by atoms with E-state index < -0.39 is 35.9 Å². The lowest BCUT2D eigenvalue weighted by Gasteiger charge is -2.24. The third-order valence-corrected chi connectivity index (χ3v) is 5.06. The third-order valence-electron chi connectivity index (χ3n) is 5.06. The maximum absolute atomic E-state index is 12.0. The SMILES string of the molecule is NC[C@H]1O[C@@H](n2cnc(C3(C(N)=O)CCCC3)c2N)[C@H](O)[C@@H]1O. The molecule has 128 valence electrons. The van der Waals surface area contributed by atoms with Crippen LogP contribution in [0.5, 0.6) is 0 Å². The summed E-state index contributed by atoms with van der Waals surface area (Å²) < 4.78 is 7.01. The van der Waals surface area contributed by atoms with Crippen LogP contribution in [-0.4, -0.2) is 50.5 Å². The van der Waals surface area contributed by atoms with Crippen LogP contribution in [0, 0.1) is 0 Å². The maximum Gasteiger partial charge on any atom is 0.229 e. The average molecular weight is 325 g/mol. The molecule has 9 nitrogen and oxygen atoms in total. The minimum absolute atomic E-state index is 0.0708. The number of rotatable bonds is 4. The van der Waals surface area contributed by atoms with Crippen molar-refractivity contribution in [3.8, 4) is 0 Å². The molecule has 0 spiro atoms. The quantitative estimate of drug-likeness (QED) is 0.442. The topological polar surface area (TPSA) is 163 Å². The average Bonchev–Trinajstić information content (AvgIpc) is 3.20. The number of primary amides is 1. The van der Waals surface area contributed by atoms with E-state index in [1.54, 1.807) is 0 Å². The molecule has 2 heterocycles. The van der Waals surface area contributed by atoms with E-state index in [1.807, 2.05) is 0 Å². The second-order valence-corrected chi connectivity index (χ2v) is 6.32. The monoisotopic (exact) mass is 325 g/mol. The van der Waals surface area contributed by atoms with Gasteiger partial charge in [-0.25, -0.2) is 4.98 Å². The van der Waals surface area contributed by atoms with Crippen molar-refractivity contribution in [3.63, 3.8) is 0 Å². The summed E-state index contributed by atoms with van der Waals surface area (Å²) in [6.07, 6.45) is 0.512. The maximum atomic E-state index is 12.0. The van der Waals surface area contributed by atoms with Crippen molar-refractivity contribution in [1.29, 1.82) is 0 Å². The van der Waals surface area contributed by atoms with Gasteiger partial charge >= 0.3 is 0 Å². The lowest BCUT2D eigenvalue weighted by atomic mass is 9.82. The van der Waals surface area contributed by atoms with Crippen molar-refractivity contribution in [2.75, 3.05) is 12.3 Å². The molecule has 1 amide bonds. The number of nitrogens with zero attached hydrogens (tertiary/aromatic N) is 2. The number of nitrogen functional groups attached to an aromatic ring is 1. The molecule has 1 aliphatic heterocycles. The predicted molar refractivity (Wildman–Crippen MR) is 81.0 cm³/mol. The van der Waals surface area contributed by atoms with Crippen LogP contribution in [0.1, 0.15) is 37.6 Å². The van der Waals surface area contributed by atoms with E-state index >= 15 is 0 Å². The van der Waals surface area contributed by atoms with Crippen molar-refractivity contribution >= 4 is 11.7 Å². The zero-order chi connectivity index (χ0) is 16.8. The molecule has 0 radical (unpaired) electrons. The van der Waals surface area contributed by atoms with Crippen LogP contribution in [0.25, 0.3) is 0 Å². The molecule has 9 heteroatoms. The van der Waals surface area contributed by atoms with Gasteiger partial charge in [0.05, 0.1) is 17.4 Å². The Hall–Kier alpha value is -1.68. The molecule has 1 saturated carbocycles. The number of aliphatic hydroxyl groups excluding tert-OH is 2. The van der Waals surface area contributed by atoms with Crippen LogP contribution in [0.2, 0.25) is 0 Å². The van der Waals surface area contributed by atoms with Crippen LogP contribution >= 0.6 is 0 Å². The molecule has 0 bridgehead atoms. The second kappa shape index (κ2) is 5.75. The highest BCUT2D eigenvalue weighted by Gasteiger charge is 2.47. The highest BCUT2D eigenvalue weighted by Crippen LogP contribution is 2.43. The van der Waals surface area contributed by atoms with Gasteiger partial charge in [0.1, 0.15) is 24.1 Å². The Bertz CT molecular complexity index is 598. The molecular weight excluding hydrogens is 302 g/mol. The van der Waals surface area contributed by atoms with E-state index in [1.165, 1.54) is 10.9 Å². The van der Waals surface area contributed by atoms with Gasteiger partial charge in [0.2, 0.25) is 5.91 Å². The Morgan fingerprint density at radius 1 is 1.39 bits per heavy atom. The van der Waals surface area contributed by atoms with Gasteiger partial charge in [-0.15, -0.1) is 0 Å². The molecule has 8 N–H and O–H groups in total. The Kier molecular flexibility index (Phi) is 4.05. The molecule has 0 unspecified atom stereocenters. The Morgan fingerprint density at radius 3 is 2.57 bits per heavy atom.